The van der Waals surface area contributed by atoms with Crippen LogP contribution in [0.4, 0.5) is 0 Å². The molecule has 7 nitrogen and oxygen atoms in total. The highest BCUT2D eigenvalue weighted by molar-refractivity contribution is 9.10. The second-order valence-electron chi connectivity index (χ2n) is 3.55. The van der Waals surface area contributed by atoms with Crippen molar-refractivity contribution in [1.82, 2.24) is 5.32 Å². The third-order valence-electron chi connectivity index (χ3n) is 2.11. The molecular weight excluding hydrogens is 378 g/mol. The number of carbonyl (C=O) groups excluding carboxylic acids is 1. The number of ether oxygens (including phenoxy) is 2. The first-order chi connectivity index (χ1) is 9.36. The third kappa shape index (κ3) is 5.41. The van der Waals surface area contributed by atoms with E-state index < -0.39 is 15.0 Å². The van der Waals surface area contributed by atoms with Crippen LogP contribution in [0.15, 0.2) is 20.0 Å². The van der Waals surface area contributed by atoms with Gasteiger partial charge in [0.15, 0.2) is 10.4 Å². The normalized spacial score (nSPS) is 11.6. The molecule has 1 aromatic rings. The number of methoxy groups -OCH3 is 1. The molecule has 1 rings (SSSR count). The molecule has 0 radical (unpaired) electrons. The van der Waals surface area contributed by atoms with Crippen LogP contribution in [-0.4, -0.2) is 47.8 Å². The lowest BCUT2D eigenvalue weighted by Crippen LogP contribution is -2.27. The van der Waals surface area contributed by atoms with E-state index in [9.17, 15) is 13.2 Å². The van der Waals surface area contributed by atoms with Crippen LogP contribution in [0, 0.1) is 0 Å². The van der Waals surface area contributed by atoms with E-state index >= 15 is 0 Å². The molecule has 0 aliphatic carbocycles. The van der Waals surface area contributed by atoms with E-state index in [0.717, 1.165) is 6.07 Å². The molecule has 0 atom stereocenters. The van der Waals surface area contributed by atoms with Crippen molar-refractivity contribution in [2.75, 3.05) is 33.5 Å². The number of amides is 1. The highest BCUT2D eigenvalue weighted by Gasteiger charge is 2.23. The molecule has 114 valence electrons. The van der Waals surface area contributed by atoms with E-state index in [4.69, 9.17) is 24.6 Å². The van der Waals surface area contributed by atoms with Gasteiger partial charge in [-0.2, -0.15) is 0 Å². The average molecular weight is 391 g/mol. The van der Waals surface area contributed by atoms with E-state index in [-0.39, 0.29) is 21.9 Å². The zero-order chi connectivity index (χ0) is 15.2. The van der Waals surface area contributed by atoms with Gasteiger partial charge in [0, 0.05) is 30.4 Å². The minimum absolute atomic E-state index is 0.117. The lowest BCUT2D eigenvalue weighted by atomic mass is 10.4. The van der Waals surface area contributed by atoms with Gasteiger partial charge in [-0.3, -0.25) is 4.79 Å². The van der Waals surface area contributed by atoms with E-state index in [2.05, 4.69) is 21.2 Å². The molecule has 0 saturated carbocycles. The first kappa shape index (κ1) is 17.4. The van der Waals surface area contributed by atoms with Gasteiger partial charge >= 0.3 is 0 Å². The number of halogens is 2. The van der Waals surface area contributed by atoms with Gasteiger partial charge in [0.2, 0.25) is 0 Å². The molecule has 0 saturated heterocycles. The number of rotatable bonds is 8. The minimum atomic E-state index is -3.97. The molecule has 1 aromatic heterocycles. The maximum Gasteiger partial charge on any atom is 0.287 e. The van der Waals surface area contributed by atoms with Gasteiger partial charge in [0.1, 0.15) is 4.90 Å². The third-order valence-corrected chi connectivity index (χ3v) is 4.28. The maximum absolute atomic E-state index is 11.7. The topological polar surface area (TPSA) is 94.8 Å². The SMILES string of the molecule is COCCOCCNC(=O)c1cc(S(=O)(=O)Cl)c(Br)o1. The Bertz CT molecular complexity index is 558. The van der Waals surface area contributed by atoms with Crippen molar-refractivity contribution in [3.8, 4) is 0 Å². The van der Waals surface area contributed by atoms with Crippen LogP contribution in [-0.2, 0) is 18.5 Å². The molecule has 1 amide bonds. The summed E-state index contributed by atoms with van der Waals surface area (Å²) in [7, 11) is 2.77. The van der Waals surface area contributed by atoms with Crippen LogP contribution in [0.25, 0.3) is 0 Å². The van der Waals surface area contributed by atoms with Gasteiger partial charge in [0.05, 0.1) is 19.8 Å². The molecule has 0 spiro atoms. The summed E-state index contributed by atoms with van der Waals surface area (Å²) in [6.07, 6.45) is 0. The highest BCUT2D eigenvalue weighted by atomic mass is 79.9. The number of furan rings is 1. The fraction of sp³-hybridized carbons (Fsp3) is 0.500. The molecule has 0 aliphatic heterocycles. The van der Waals surface area contributed by atoms with Crippen molar-refractivity contribution in [1.29, 1.82) is 0 Å². The summed E-state index contributed by atoms with van der Waals surface area (Å²) in [5.74, 6) is -0.722. The maximum atomic E-state index is 11.7. The predicted octanol–water partition coefficient (Wildman–Crippen LogP) is 1.36. The summed E-state index contributed by atoms with van der Waals surface area (Å²) in [6.45, 7) is 1.45. The smallest absolute Gasteiger partial charge is 0.287 e. The molecule has 1 heterocycles. The fourth-order valence-electron chi connectivity index (χ4n) is 1.20. The van der Waals surface area contributed by atoms with Crippen molar-refractivity contribution in [3.63, 3.8) is 0 Å². The van der Waals surface area contributed by atoms with Crippen molar-refractivity contribution in [2.45, 2.75) is 4.90 Å². The Morgan fingerprint density at radius 1 is 1.45 bits per heavy atom. The zero-order valence-corrected chi connectivity index (χ0v) is 13.7. The average Bonchev–Trinajstić information content (AvgIpc) is 2.75. The highest BCUT2D eigenvalue weighted by Crippen LogP contribution is 2.28. The predicted molar refractivity (Wildman–Crippen MR) is 74.5 cm³/mol. The largest absolute Gasteiger partial charge is 0.443 e. The number of hydrogen-bond donors (Lipinski definition) is 1. The molecule has 0 unspecified atom stereocenters. The Morgan fingerprint density at radius 2 is 2.15 bits per heavy atom. The Morgan fingerprint density at radius 3 is 2.70 bits per heavy atom. The second kappa shape index (κ2) is 7.99. The molecular formula is C10H13BrClNO6S. The number of carbonyl (C=O) groups is 1. The van der Waals surface area contributed by atoms with Crippen molar-refractivity contribution >= 4 is 41.6 Å². The van der Waals surface area contributed by atoms with Gasteiger partial charge in [0.25, 0.3) is 15.0 Å². The van der Waals surface area contributed by atoms with Gasteiger partial charge in [-0.25, -0.2) is 8.42 Å². The van der Waals surface area contributed by atoms with Crippen molar-refractivity contribution in [3.05, 3.63) is 16.5 Å². The van der Waals surface area contributed by atoms with Crippen LogP contribution in [0.5, 0.6) is 0 Å². The first-order valence-electron chi connectivity index (χ1n) is 5.45. The van der Waals surface area contributed by atoms with Gasteiger partial charge in [-0.05, 0) is 15.9 Å². The van der Waals surface area contributed by atoms with E-state index in [0.29, 0.717) is 19.8 Å². The Hall–Kier alpha value is -0.610. The van der Waals surface area contributed by atoms with E-state index in [1.165, 1.54) is 0 Å². The summed E-state index contributed by atoms with van der Waals surface area (Å²) >= 11 is 2.88. The van der Waals surface area contributed by atoms with Gasteiger partial charge in [-0.15, -0.1) is 0 Å². The Labute approximate surface area is 129 Å². The van der Waals surface area contributed by atoms with Gasteiger partial charge in [-0.1, -0.05) is 0 Å². The summed E-state index contributed by atoms with van der Waals surface area (Å²) in [4.78, 5) is 11.4. The molecule has 10 heteroatoms. The van der Waals surface area contributed by atoms with Crippen LogP contribution < -0.4 is 5.32 Å². The Kier molecular flexibility index (Phi) is 6.96. The molecule has 20 heavy (non-hydrogen) atoms. The van der Waals surface area contributed by atoms with E-state index in [1.54, 1.807) is 7.11 Å². The number of hydrogen-bond acceptors (Lipinski definition) is 6. The summed E-state index contributed by atoms with van der Waals surface area (Å²) in [6, 6.07) is 1.05. The summed E-state index contributed by atoms with van der Waals surface area (Å²) in [5.41, 5.74) is 0. The van der Waals surface area contributed by atoms with Crippen molar-refractivity contribution in [2.24, 2.45) is 0 Å². The summed E-state index contributed by atoms with van der Waals surface area (Å²) in [5, 5.41) is 2.51. The first-order valence-corrected chi connectivity index (χ1v) is 8.55. The van der Waals surface area contributed by atoms with Gasteiger partial charge < -0.3 is 19.2 Å². The van der Waals surface area contributed by atoms with Crippen molar-refractivity contribution < 1.29 is 27.1 Å². The fourth-order valence-corrected chi connectivity index (χ4v) is 3.23. The van der Waals surface area contributed by atoms with Crippen LogP contribution in [0.1, 0.15) is 10.6 Å². The number of nitrogens with one attached hydrogen (secondary N) is 1. The summed E-state index contributed by atoms with van der Waals surface area (Å²) < 4.78 is 37.1. The molecule has 0 aromatic carbocycles. The lowest BCUT2D eigenvalue weighted by molar-refractivity contribution is 0.0687. The van der Waals surface area contributed by atoms with Crippen LogP contribution in [0.3, 0.4) is 0 Å². The minimum Gasteiger partial charge on any atom is -0.443 e. The van der Waals surface area contributed by atoms with Crippen LogP contribution in [0.2, 0.25) is 0 Å². The lowest BCUT2D eigenvalue weighted by Gasteiger charge is -2.04. The molecule has 0 aliphatic rings. The zero-order valence-electron chi connectivity index (χ0n) is 10.5. The second-order valence-corrected chi connectivity index (χ2v) is 6.80. The monoisotopic (exact) mass is 389 g/mol. The quantitative estimate of drug-likeness (QED) is 0.532. The standard InChI is InChI=1S/C10H13BrClNO6S/c1-17-4-5-18-3-2-13-10(14)7-6-8(9(11)19-7)20(12,15)16/h6H,2-5H2,1H3,(H,13,14). The molecule has 1 N–H and O–H groups in total. The van der Waals surface area contributed by atoms with Crippen LogP contribution >= 0.6 is 26.6 Å². The van der Waals surface area contributed by atoms with E-state index in [1.807, 2.05) is 0 Å². The molecule has 0 bridgehead atoms. The molecule has 0 fully saturated rings. The Balaban J connectivity index is 2.49.